The second-order valence-corrected chi connectivity index (χ2v) is 4.76. The smallest absolute Gasteiger partial charge is 0.139 e. The highest BCUT2D eigenvalue weighted by Gasteiger charge is 2.07. The third kappa shape index (κ3) is 2.73. The van der Waals surface area contributed by atoms with Crippen LogP contribution in [0.25, 0.3) is 22.5 Å². The molecule has 0 radical (unpaired) electrons. The van der Waals surface area contributed by atoms with E-state index in [4.69, 9.17) is 0 Å². The first-order valence-electron chi connectivity index (χ1n) is 6.46. The molecule has 0 spiro atoms. The second kappa shape index (κ2) is 5.88. The molecule has 0 unspecified atom stereocenters. The Bertz CT molecular complexity index is 639. The topological polar surface area (TPSA) is 25.8 Å². The number of benzene rings is 2. The van der Waals surface area contributed by atoms with Crippen LogP contribution in [0.3, 0.4) is 0 Å². The lowest BCUT2D eigenvalue weighted by Crippen LogP contribution is -1.97. The zero-order chi connectivity index (χ0) is 13.8. The molecular weight excluding hydrogens is 264 g/mol. The van der Waals surface area contributed by atoms with E-state index in [1.807, 2.05) is 42.5 Å². The van der Waals surface area contributed by atoms with Crippen molar-refractivity contribution in [1.29, 1.82) is 0 Å². The van der Waals surface area contributed by atoms with Gasteiger partial charge in [-0.2, -0.15) is 12.6 Å². The summed E-state index contributed by atoms with van der Waals surface area (Å²) in [5, 5.41) is 0. The van der Waals surface area contributed by atoms with Crippen LogP contribution in [-0.4, -0.2) is 9.97 Å². The predicted molar refractivity (Wildman–Crippen MR) is 85.6 cm³/mol. The van der Waals surface area contributed by atoms with E-state index in [2.05, 4.69) is 46.9 Å². The zero-order valence-corrected chi connectivity index (χ0v) is 11.8. The van der Waals surface area contributed by atoms with Crippen molar-refractivity contribution >= 4 is 12.6 Å². The largest absolute Gasteiger partial charge is 0.232 e. The van der Waals surface area contributed by atoms with Crippen LogP contribution in [0.5, 0.6) is 0 Å². The molecule has 0 bridgehead atoms. The van der Waals surface area contributed by atoms with Gasteiger partial charge >= 0.3 is 0 Å². The fourth-order valence-corrected chi connectivity index (χ4v) is 2.22. The lowest BCUT2D eigenvalue weighted by Gasteiger charge is -2.07. The number of rotatable bonds is 3. The first-order chi connectivity index (χ1) is 9.86. The molecule has 98 valence electrons. The molecule has 2 nitrogen and oxygen atoms in total. The standard InChI is InChI=1S/C17H14N2S/c20-12-17-18-15(13-7-3-1-4-8-13)11-16(19-17)14-9-5-2-6-10-14/h1-11,20H,12H2. The third-order valence-electron chi connectivity index (χ3n) is 3.05. The minimum atomic E-state index is 0.528. The monoisotopic (exact) mass is 278 g/mol. The van der Waals surface area contributed by atoms with Crippen molar-refractivity contribution in [2.75, 3.05) is 0 Å². The van der Waals surface area contributed by atoms with Crippen LogP contribution in [-0.2, 0) is 5.75 Å². The molecule has 0 atom stereocenters. The molecule has 1 heterocycles. The Morgan fingerprint density at radius 2 is 1.15 bits per heavy atom. The van der Waals surface area contributed by atoms with E-state index in [-0.39, 0.29) is 0 Å². The Kier molecular flexibility index (Phi) is 3.79. The van der Waals surface area contributed by atoms with Crippen molar-refractivity contribution in [3.8, 4) is 22.5 Å². The van der Waals surface area contributed by atoms with E-state index >= 15 is 0 Å². The number of aromatic nitrogens is 2. The maximum atomic E-state index is 4.56. The summed E-state index contributed by atoms with van der Waals surface area (Å²) in [5.74, 6) is 1.27. The average Bonchev–Trinajstić information content (AvgIpc) is 2.56. The van der Waals surface area contributed by atoms with Crippen molar-refractivity contribution in [3.05, 3.63) is 72.6 Å². The van der Waals surface area contributed by atoms with Gasteiger partial charge in [-0.25, -0.2) is 9.97 Å². The normalized spacial score (nSPS) is 10.4. The molecule has 0 amide bonds. The van der Waals surface area contributed by atoms with Crippen molar-refractivity contribution in [2.45, 2.75) is 5.75 Å². The predicted octanol–water partition coefficient (Wildman–Crippen LogP) is 4.24. The molecule has 0 aliphatic rings. The van der Waals surface area contributed by atoms with Crippen LogP contribution >= 0.6 is 12.6 Å². The molecule has 0 aliphatic carbocycles. The Morgan fingerprint density at radius 3 is 1.55 bits per heavy atom. The Hall–Kier alpha value is -2.13. The molecule has 0 saturated carbocycles. The van der Waals surface area contributed by atoms with E-state index in [0.29, 0.717) is 5.75 Å². The molecule has 20 heavy (non-hydrogen) atoms. The van der Waals surface area contributed by atoms with Gasteiger partial charge in [-0.1, -0.05) is 60.7 Å². The highest BCUT2D eigenvalue weighted by molar-refractivity contribution is 7.79. The van der Waals surface area contributed by atoms with E-state index in [1.54, 1.807) is 0 Å². The van der Waals surface area contributed by atoms with Gasteiger partial charge in [0.2, 0.25) is 0 Å². The summed E-state index contributed by atoms with van der Waals surface area (Å²) >= 11 is 4.30. The second-order valence-electron chi connectivity index (χ2n) is 4.44. The molecular formula is C17H14N2S. The lowest BCUT2D eigenvalue weighted by atomic mass is 10.1. The molecule has 0 N–H and O–H groups in total. The summed E-state index contributed by atoms with van der Waals surface area (Å²) in [7, 11) is 0. The summed E-state index contributed by atoms with van der Waals surface area (Å²) in [5.41, 5.74) is 4.05. The van der Waals surface area contributed by atoms with Gasteiger partial charge in [0.15, 0.2) is 0 Å². The fraction of sp³-hybridized carbons (Fsp3) is 0.0588. The van der Waals surface area contributed by atoms with E-state index in [9.17, 15) is 0 Å². The van der Waals surface area contributed by atoms with Crippen LogP contribution in [0.4, 0.5) is 0 Å². The number of hydrogen-bond donors (Lipinski definition) is 1. The van der Waals surface area contributed by atoms with Crippen LogP contribution in [0.1, 0.15) is 5.82 Å². The molecule has 3 rings (SSSR count). The molecule has 0 fully saturated rings. The van der Waals surface area contributed by atoms with Gasteiger partial charge in [0.25, 0.3) is 0 Å². The Balaban J connectivity index is 2.13. The van der Waals surface area contributed by atoms with E-state index in [0.717, 1.165) is 28.3 Å². The van der Waals surface area contributed by atoms with Gasteiger partial charge in [0, 0.05) is 11.1 Å². The maximum absolute atomic E-state index is 4.56. The minimum Gasteiger partial charge on any atom is -0.232 e. The minimum absolute atomic E-state index is 0.528. The first kappa shape index (κ1) is 12.9. The number of thiol groups is 1. The molecule has 2 aromatic carbocycles. The van der Waals surface area contributed by atoms with Gasteiger partial charge in [-0.05, 0) is 6.07 Å². The Morgan fingerprint density at radius 1 is 0.700 bits per heavy atom. The maximum Gasteiger partial charge on any atom is 0.139 e. The lowest BCUT2D eigenvalue weighted by molar-refractivity contribution is 1.05. The van der Waals surface area contributed by atoms with Crippen molar-refractivity contribution in [3.63, 3.8) is 0 Å². The van der Waals surface area contributed by atoms with Crippen LogP contribution < -0.4 is 0 Å². The molecule has 3 heteroatoms. The summed E-state index contributed by atoms with van der Waals surface area (Å²) in [6.45, 7) is 0. The van der Waals surface area contributed by atoms with Gasteiger partial charge in [-0.15, -0.1) is 0 Å². The quantitative estimate of drug-likeness (QED) is 0.725. The zero-order valence-electron chi connectivity index (χ0n) is 10.9. The van der Waals surface area contributed by atoms with Gasteiger partial charge in [-0.3, -0.25) is 0 Å². The van der Waals surface area contributed by atoms with Crippen molar-refractivity contribution < 1.29 is 0 Å². The van der Waals surface area contributed by atoms with Crippen LogP contribution in [0.2, 0.25) is 0 Å². The highest BCUT2D eigenvalue weighted by Crippen LogP contribution is 2.23. The molecule has 1 aromatic heterocycles. The SMILES string of the molecule is SCc1nc(-c2ccccc2)cc(-c2ccccc2)n1. The van der Waals surface area contributed by atoms with Gasteiger partial charge < -0.3 is 0 Å². The van der Waals surface area contributed by atoms with E-state index in [1.165, 1.54) is 0 Å². The molecule has 0 saturated heterocycles. The van der Waals surface area contributed by atoms with Gasteiger partial charge in [0.1, 0.15) is 5.82 Å². The summed E-state index contributed by atoms with van der Waals surface area (Å²) in [6.07, 6.45) is 0. The summed E-state index contributed by atoms with van der Waals surface area (Å²) in [4.78, 5) is 9.12. The average molecular weight is 278 g/mol. The fourth-order valence-electron chi connectivity index (χ4n) is 2.08. The highest BCUT2D eigenvalue weighted by atomic mass is 32.1. The van der Waals surface area contributed by atoms with Crippen molar-refractivity contribution in [1.82, 2.24) is 9.97 Å². The summed E-state index contributed by atoms with van der Waals surface area (Å²) < 4.78 is 0. The first-order valence-corrected chi connectivity index (χ1v) is 7.10. The number of nitrogens with zero attached hydrogens (tertiary/aromatic N) is 2. The van der Waals surface area contributed by atoms with Crippen LogP contribution in [0.15, 0.2) is 66.7 Å². The Labute approximate surface area is 124 Å². The third-order valence-corrected chi connectivity index (χ3v) is 3.34. The van der Waals surface area contributed by atoms with Gasteiger partial charge in [0.05, 0.1) is 17.1 Å². The summed E-state index contributed by atoms with van der Waals surface area (Å²) in [6, 6.07) is 22.3. The molecule has 0 aliphatic heterocycles. The number of hydrogen-bond acceptors (Lipinski definition) is 3. The van der Waals surface area contributed by atoms with Crippen LogP contribution in [0, 0.1) is 0 Å². The van der Waals surface area contributed by atoms with Crippen molar-refractivity contribution in [2.24, 2.45) is 0 Å². The van der Waals surface area contributed by atoms with E-state index < -0.39 is 0 Å². The molecule has 3 aromatic rings.